The van der Waals surface area contributed by atoms with Gasteiger partial charge < -0.3 is 20.3 Å². The minimum absolute atomic E-state index is 0.0513. The molecular weight excluding hydrogens is 379 g/mol. The third-order valence-corrected chi connectivity index (χ3v) is 5.52. The number of ether oxygens (including phenoxy) is 1. The number of nitrogens with one attached hydrogen (secondary N) is 2. The molecule has 1 aromatic carbocycles. The molecule has 0 saturated heterocycles. The van der Waals surface area contributed by atoms with Crippen molar-refractivity contribution in [2.24, 2.45) is 4.99 Å². The van der Waals surface area contributed by atoms with Crippen molar-refractivity contribution in [3.63, 3.8) is 0 Å². The maximum absolute atomic E-state index is 12.9. The number of thiophene rings is 1. The van der Waals surface area contributed by atoms with Crippen molar-refractivity contribution in [2.75, 3.05) is 26.7 Å². The minimum Gasteiger partial charge on any atom is -0.489 e. The molecule has 1 amide bonds. The molecule has 0 radical (unpaired) electrons. The Labute approximate surface area is 168 Å². The summed E-state index contributed by atoms with van der Waals surface area (Å²) in [4.78, 5) is 19.9. The minimum atomic E-state index is -0.295. The summed E-state index contributed by atoms with van der Waals surface area (Å²) in [5.41, 5.74) is 1.25. The van der Waals surface area contributed by atoms with Gasteiger partial charge in [0, 0.05) is 25.0 Å². The Morgan fingerprint density at radius 2 is 2.11 bits per heavy atom. The van der Waals surface area contributed by atoms with E-state index in [9.17, 15) is 9.18 Å². The Kier molecular flexibility index (Phi) is 6.86. The Morgan fingerprint density at radius 3 is 2.86 bits per heavy atom. The van der Waals surface area contributed by atoms with Crippen molar-refractivity contribution in [2.45, 2.75) is 26.0 Å². The van der Waals surface area contributed by atoms with Crippen LogP contribution in [0.25, 0.3) is 0 Å². The Morgan fingerprint density at radius 1 is 1.32 bits per heavy atom. The fraction of sp³-hybridized carbons (Fsp3) is 0.400. The smallest absolute Gasteiger partial charge is 0.242 e. The van der Waals surface area contributed by atoms with Crippen LogP contribution in [0.1, 0.15) is 17.4 Å². The van der Waals surface area contributed by atoms with Gasteiger partial charge in [0.1, 0.15) is 17.7 Å². The van der Waals surface area contributed by atoms with E-state index < -0.39 is 0 Å². The molecule has 3 rings (SSSR count). The number of nitrogens with zero attached hydrogens (tertiary/aromatic N) is 2. The topological polar surface area (TPSA) is 66.0 Å². The Hall–Kier alpha value is -2.61. The fourth-order valence-electron chi connectivity index (χ4n) is 2.98. The van der Waals surface area contributed by atoms with Crippen LogP contribution in [0, 0.1) is 5.82 Å². The summed E-state index contributed by atoms with van der Waals surface area (Å²) >= 11 is 1.76. The number of hydrogen-bond donors (Lipinski definition) is 2. The van der Waals surface area contributed by atoms with Gasteiger partial charge in [-0.1, -0.05) is 0 Å². The van der Waals surface area contributed by atoms with Crippen molar-refractivity contribution in [3.05, 3.63) is 52.0 Å². The van der Waals surface area contributed by atoms with Crippen LogP contribution in [0.2, 0.25) is 0 Å². The summed E-state index contributed by atoms with van der Waals surface area (Å²) in [5.74, 6) is 0.898. The normalized spacial score (nSPS) is 15.0. The lowest BCUT2D eigenvalue weighted by molar-refractivity contribution is -0.130. The lowest BCUT2D eigenvalue weighted by Crippen LogP contribution is -2.47. The maximum atomic E-state index is 12.9. The number of hydrogen-bond acceptors (Lipinski definition) is 4. The number of aliphatic imine (C=N–C) groups is 1. The highest BCUT2D eigenvalue weighted by atomic mass is 32.1. The number of benzene rings is 1. The van der Waals surface area contributed by atoms with Crippen molar-refractivity contribution < 1.29 is 13.9 Å². The molecule has 2 aromatic rings. The third kappa shape index (κ3) is 5.45. The van der Waals surface area contributed by atoms with Crippen LogP contribution in [0.4, 0.5) is 4.39 Å². The number of amides is 1. The number of carbonyl (C=O) groups excluding carboxylic acids is 1. The third-order valence-electron chi connectivity index (χ3n) is 4.50. The van der Waals surface area contributed by atoms with Gasteiger partial charge in [-0.15, -0.1) is 11.3 Å². The molecule has 28 heavy (non-hydrogen) atoms. The average molecular weight is 405 g/mol. The standard InChI is InChI=1S/C20H25FN4O2S/c1-14(27-17-5-3-16(21)4-6-17)11-23-20(22-2)24-12-19(26)25-9-7-18-15(13-25)8-10-28-18/h3-6,8,10,14H,7,9,11-13H2,1-2H3,(H2,22,23,24). The van der Waals surface area contributed by atoms with Crippen LogP contribution in [-0.4, -0.2) is 49.6 Å². The quantitative estimate of drug-likeness (QED) is 0.573. The molecular formula is C20H25FN4O2S. The first-order valence-corrected chi connectivity index (χ1v) is 10.1. The van der Waals surface area contributed by atoms with Crippen LogP contribution >= 0.6 is 11.3 Å². The van der Waals surface area contributed by atoms with E-state index in [1.165, 1.54) is 22.6 Å². The first kappa shape index (κ1) is 20.1. The van der Waals surface area contributed by atoms with Gasteiger partial charge in [0.05, 0.1) is 13.1 Å². The maximum Gasteiger partial charge on any atom is 0.242 e. The number of carbonyl (C=O) groups is 1. The lowest BCUT2D eigenvalue weighted by Gasteiger charge is -2.27. The molecule has 8 heteroatoms. The lowest BCUT2D eigenvalue weighted by atomic mass is 10.1. The number of guanidine groups is 1. The monoisotopic (exact) mass is 404 g/mol. The van der Waals surface area contributed by atoms with E-state index in [0.29, 0.717) is 24.8 Å². The van der Waals surface area contributed by atoms with Gasteiger partial charge in [0.25, 0.3) is 0 Å². The van der Waals surface area contributed by atoms with Gasteiger partial charge in [-0.3, -0.25) is 9.79 Å². The summed E-state index contributed by atoms with van der Waals surface area (Å²) in [6.07, 6.45) is 0.767. The van der Waals surface area contributed by atoms with E-state index in [1.807, 2.05) is 11.8 Å². The predicted octanol–water partition coefficient (Wildman–Crippen LogP) is 2.40. The average Bonchev–Trinajstić information content (AvgIpc) is 3.17. The molecule has 1 aliphatic rings. The predicted molar refractivity (Wildman–Crippen MR) is 109 cm³/mol. The number of rotatable bonds is 6. The Bertz CT molecular complexity index is 822. The summed E-state index contributed by atoms with van der Waals surface area (Å²) in [6, 6.07) is 8.00. The highest BCUT2D eigenvalue weighted by Gasteiger charge is 2.21. The highest BCUT2D eigenvalue weighted by molar-refractivity contribution is 7.10. The second kappa shape index (κ2) is 9.54. The van der Waals surface area contributed by atoms with Crippen LogP contribution in [0.3, 0.4) is 0 Å². The van der Waals surface area contributed by atoms with Crippen molar-refractivity contribution in [1.82, 2.24) is 15.5 Å². The molecule has 0 aliphatic carbocycles. The number of halogens is 1. The largest absolute Gasteiger partial charge is 0.489 e. The molecule has 2 N–H and O–H groups in total. The van der Waals surface area contributed by atoms with Gasteiger partial charge >= 0.3 is 0 Å². The fourth-order valence-corrected chi connectivity index (χ4v) is 3.87. The molecule has 1 aromatic heterocycles. The van der Waals surface area contributed by atoms with Gasteiger partial charge in [-0.25, -0.2) is 4.39 Å². The van der Waals surface area contributed by atoms with Gasteiger partial charge in [-0.05, 0) is 54.6 Å². The van der Waals surface area contributed by atoms with Crippen LogP contribution in [0.5, 0.6) is 5.75 Å². The summed E-state index contributed by atoms with van der Waals surface area (Å²) < 4.78 is 18.7. The zero-order valence-electron chi connectivity index (χ0n) is 16.1. The molecule has 0 spiro atoms. The van der Waals surface area contributed by atoms with Crippen molar-refractivity contribution >= 4 is 23.2 Å². The van der Waals surface area contributed by atoms with Crippen molar-refractivity contribution in [3.8, 4) is 5.75 Å². The van der Waals surface area contributed by atoms with E-state index in [0.717, 1.165) is 13.0 Å². The molecule has 150 valence electrons. The molecule has 6 nitrogen and oxygen atoms in total. The van der Waals surface area contributed by atoms with E-state index in [-0.39, 0.29) is 24.4 Å². The van der Waals surface area contributed by atoms with Gasteiger partial charge in [0.15, 0.2) is 5.96 Å². The molecule has 2 heterocycles. The summed E-state index contributed by atoms with van der Waals surface area (Å²) in [6.45, 7) is 4.01. The second-order valence-corrected chi connectivity index (χ2v) is 7.62. The first-order valence-electron chi connectivity index (χ1n) is 9.25. The van der Waals surface area contributed by atoms with E-state index in [2.05, 4.69) is 27.1 Å². The van der Waals surface area contributed by atoms with E-state index >= 15 is 0 Å². The zero-order chi connectivity index (χ0) is 19.9. The van der Waals surface area contributed by atoms with Crippen molar-refractivity contribution in [1.29, 1.82) is 0 Å². The summed E-state index contributed by atoms with van der Waals surface area (Å²) in [7, 11) is 1.66. The molecule has 1 atom stereocenters. The molecule has 1 unspecified atom stereocenters. The molecule has 0 saturated carbocycles. The molecule has 1 aliphatic heterocycles. The highest BCUT2D eigenvalue weighted by Crippen LogP contribution is 2.23. The van der Waals surface area contributed by atoms with Crippen LogP contribution < -0.4 is 15.4 Å². The zero-order valence-corrected chi connectivity index (χ0v) is 16.9. The SMILES string of the molecule is CN=C(NCC(=O)N1CCc2sccc2C1)NCC(C)Oc1ccc(F)cc1. The van der Waals surface area contributed by atoms with E-state index in [4.69, 9.17) is 4.74 Å². The van der Waals surface area contributed by atoms with Crippen LogP contribution in [-0.2, 0) is 17.8 Å². The van der Waals surface area contributed by atoms with Gasteiger partial charge in [0.2, 0.25) is 5.91 Å². The Balaban J connectivity index is 1.40. The van der Waals surface area contributed by atoms with Crippen LogP contribution in [0.15, 0.2) is 40.7 Å². The summed E-state index contributed by atoms with van der Waals surface area (Å²) in [5, 5.41) is 8.28. The molecule has 0 bridgehead atoms. The van der Waals surface area contributed by atoms with E-state index in [1.54, 1.807) is 30.5 Å². The second-order valence-electron chi connectivity index (χ2n) is 6.62. The first-order chi connectivity index (χ1) is 13.5. The number of fused-ring (bicyclic) bond motifs is 1. The molecule has 0 fully saturated rings. The van der Waals surface area contributed by atoms with Gasteiger partial charge in [-0.2, -0.15) is 0 Å².